The first-order valence-electron chi connectivity index (χ1n) is 3.34. The quantitative estimate of drug-likeness (QED) is 0.744. The zero-order chi connectivity index (χ0) is 8.97. The van der Waals surface area contributed by atoms with Gasteiger partial charge in [0, 0.05) is 0 Å². The third kappa shape index (κ3) is 3.46. The molecule has 0 aliphatic carbocycles. The van der Waals surface area contributed by atoms with Crippen molar-refractivity contribution >= 4 is 47.8 Å². The average molecular weight is 359 g/mol. The molecule has 0 bridgehead atoms. The summed E-state index contributed by atoms with van der Waals surface area (Å²) in [6.45, 7) is 0. The predicted molar refractivity (Wildman–Crippen MR) is 61.4 cm³/mol. The van der Waals surface area contributed by atoms with Crippen molar-refractivity contribution in [2.24, 2.45) is 0 Å². The topological polar surface area (TPSA) is 9.23 Å². The lowest BCUT2D eigenvalue weighted by atomic mass is 10.3. The van der Waals surface area contributed by atoms with Crippen molar-refractivity contribution in [1.29, 1.82) is 0 Å². The first-order valence-corrected chi connectivity index (χ1v) is 6.09. The van der Waals surface area contributed by atoms with Crippen LogP contribution in [0.2, 0.25) is 0 Å². The lowest BCUT2D eigenvalue weighted by Crippen LogP contribution is -2.14. The summed E-state index contributed by atoms with van der Waals surface area (Å²) in [5.41, 5.74) is 0. The number of para-hydroxylation sites is 1. The fourth-order valence-electron chi connectivity index (χ4n) is 0.680. The Bertz CT molecular complexity index is 225. The van der Waals surface area contributed by atoms with Gasteiger partial charge in [0.05, 0.1) is 0 Å². The lowest BCUT2D eigenvalue weighted by molar-refractivity contribution is 0.314. The van der Waals surface area contributed by atoms with Gasteiger partial charge in [-0.15, -0.1) is 0 Å². The van der Waals surface area contributed by atoms with Crippen LogP contribution in [0.25, 0.3) is 0 Å². The van der Waals surface area contributed by atoms with Gasteiger partial charge in [-0.1, -0.05) is 50.1 Å². The Morgan fingerprint density at radius 2 is 1.58 bits per heavy atom. The molecule has 1 aromatic rings. The van der Waals surface area contributed by atoms with Gasteiger partial charge in [0.1, 0.15) is 9.49 Å². The number of hydrogen-bond donors (Lipinski definition) is 0. The van der Waals surface area contributed by atoms with E-state index in [1.54, 1.807) is 0 Å². The van der Waals surface area contributed by atoms with Crippen molar-refractivity contribution in [3.63, 3.8) is 0 Å². The molecular formula is C8H7Br3O. The highest BCUT2D eigenvalue weighted by molar-refractivity contribution is 9.25. The normalized spacial score (nSPS) is 13.0. The van der Waals surface area contributed by atoms with Gasteiger partial charge in [0.2, 0.25) is 0 Å². The summed E-state index contributed by atoms with van der Waals surface area (Å²) in [6.07, 6.45) is 0. The summed E-state index contributed by atoms with van der Waals surface area (Å²) in [7, 11) is 0. The monoisotopic (exact) mass is 356 g/mol. The maximum atomic E-state index is 5.50. The summed E-state index contributed by atoms with van der Waals surface area (Å²) in [4.78, 5) is 0. The molecule has 1 atom stereocenters. The molecule has 0 fully saturated rings. The van der Waals surface area contributed by atoms with E-state index in [1.165, 1.54) is 0 Å². The molecule has 1 unspecified atom stereocenters. The zero-order valence-electron chi connectivity index (χ0n) is 6.08. The van der Waals surface area contributed by atoms with E-state index in [2.05, 4.69) is 47.8 Å². The maximum Gasteiger partial charge on any atom is 0.175 e. The molecule has 0 aromatic heterocycles. The molecule has 0 amide bonds. The van der Waals surface area contributed by atoms with Crippen LogP contribution in [0, 0.1) is 0 Å². The van der Waals surface area contributed by atoms with Gasteiger partial charge in [-0.3, -0.25) is 0 Å². The Morgan fingerprint density at radius 1 is 1.00 bits per heavy atom. The number of hydrogen-bond acceptors (Lipinski definition) is 1. The largest absolute Gasteiger partial charge is 0.477 e. The minimum Gasteiger partial charge on any atom is -0.477 e. The van der Waals surface area contributed by atoms with E-state index in [0.29, 0.717) is 0 Å². The molecule has 0 aliphatic rings. The Kier molecular flexibility index (Phi) is 4.61. The van der Waals surface area contributed by atoms with E-state index >= 15 is 0 Å². The van der Waals surface area contributed by atoms with Crippen molar-refractivity contribution in [2.45, 2.75) is 8.75 Å². The van der Waals surface area contributed by atoms with Crippen LogP contribution >= 0.6 is 47.8 Å². The summed E-state index contributed by atoms with van der Waals surface area (Å²) in [5, 5.41) is -0.0695. The predicted octanol–water partition coefficient (Wildman–Crippen LogP) is 3.90. The van der Waals surface area contributed by atoms with Crippen molar-refractivity contribution in [1.82, 2.24) is 0 Å². The smallest absolute Gasteiger partial charge is 0.175 e. The third-order valence-electron chi connectivity index (χ3n) is 1.19. The van der Waals surface area contributed by atoms with Gasteiger partial charge >= 0.3 is 0 Å². The fraction of sp³-hybridized carbons (Fsp3) is 0.250. The van der Waals surface area contributed by atoms with Crippen LogP contribution in [0.1, 0.15) is 0 Å². The Hall–Kier alpha value is 0.460. The van der Waals surface area contributed by atoms with Crippen LogP contribution in [-0.2, 0) is 0 Å². The second-order valence-electron chi connectivity index (χ2n) is 2.12. The number of benzene rings is 1. The average Bonchev–Trinajstić information content (AvgIpc) is 2.06. The summed E-state index contributed by atoms with van der Waals surface area (Å²) in [6, 6.07) is 9.65. The number of halogens is 3. The molecule has 0 aliphatic heterocycles. The first kappa shape index (κ1) is 10.5. The Labute approximate surface area is 96.9 Å². The van der Waals surface area contributed by atoms with E-state index < -0.39 is 0 Å². The highest BCUT2D eigenvalue weighted by atomic mass is 79.9. The molecule has 1 nitrogen and oxygen atoms in total. The van der Waals surface area contributed by atoms with E-state index in [-0.39, 0.29) is 8.75 Å². The van der Waals surface area contributed by atoms with E-state index in [9.17, 15) is 0 Å². The molecule has 1 aromatic carbocycles. The van der Waals surface area contributed by atoms with Crippen LogP contribution in [0.3, 0.4) is 0 Å². The van der Waals surface area contributed by atoms with Crippen molar-refractivity contribution < 1.29 is 4.74 Å². The second-order valence-corrected chi connectivity index (χ2v) is 6.22. The zero-order valence-corrected chi connectivity index (χ0v) is 10.8. The minimum absolute atomic E-state index is 0.0695. The second kappa shape index (κ2) is 5.25. The van der Waals surface area contributed by atoms with Gasteiger partial charge in [0.15, 0.2) is 5.01 Å². The first-order chi connectivity index (χ1) is 5.70. The molecule has 0 N–H and O–H groups in total. The summed E-state index contributed by atoms with van der Waals surface area (Å²) < 4.78 is 5.60. The Balaban J connectivity index is 2.53. The van der Waals surface area contributed by atoms with Gasteiger partial charge < -0.3 is 4.74 Å². The number of ether oxygens (including phenoxy) is 1. The number of alkyl halides is 3. The third-order valence-corrected chi connectivity index (χ3v) is 4.28. The van der Waals surface area contributed by atoms with Crippen LogP contribution in [0.15, 0.2) is 30.3 Å². The molecule has 0 radical (unpaired) electrons. The van der Waals surface area contributed by atoms with Crippen molar-refractivity contribution in [3.05, 3.63) is 30.3 Å². The highest BCUT2D eigenvalue weighted by Crippen LogP contribution is 2.23. The molecule has 1 rings (SSSR count). The van der Waals surface area contributed by atoms with Crippen molar-refractivity contribution in [2.75, 3.05) is 0 Å². The van der Waals surface area contributed by atoms with Gasteiger partial charge in [-0.2, -0.15) is 0 Å². The minimum atomic E-state index is -0.0695. The highest BCUT2D eigenvalue weighted by Gasteiger charge is 2.12. The number of rotatable bonds is 3. The van der Waals surface area contributed by atoms with Crippen LogP contribution in [-0.4, -0.2) is 8.75 Å². The summed E-state index contributed by atoms with van der Waals surface area (Å²) in [5.74, 6) is 0.850. The summed E-state index contributed by atoms with van der Waals surface area (Å²) >= 11 is 10.0. The lowest BCUT2D eigenvalue weighted by Gasteiger charge is -2.13. The molecule has 66 valence electrons. The van der Waals surface area contributed by atoms with Crippen LogP contribution in [0.4, 0.5) is 0 Å². The standard InChI is InChI=1S/C8H7Br3O/c9-7(10)8(11)12-6-4-2-1-3-5-6/h1-5,7-8H. The SMILES string of the molecule is BrC(Br)C(Br)Oc1ccccc1. The molecule has 4 heteroatoms. The molecule has 0 saturated heterocycles. The van der Waals surface area contributed by atoms with E-state index in [1.807, 2.05) is 30.3 Å². The molecular weight excluding hydrogens is 352 g/mol. The molecule has 0 heterocycles. The van der Waals surface area contributed by atoms with Crippen molar-refractivity contribution in [3.8, 4) is 5.75 Å². The maximum absolute atomic E-state index is 5.50. The van der Waals surface area contributed by atoms with Gasteiger partial charge in [-0.25, -0.2) is 0 Å². The van der Waals surface area contributed by atoms with Crippen LogP contribution < -0.4 is 4.74 Å². The molecule has 0 spiro atoms. The van der Waals surface area contributed by atoms with E-state index in [4.69, 9.17) is 4.74 Å². The molecule has 12 heavy (non-hydrogen) atoms. The van der Waals surface area contributed by atoms with Gasteiger partial charge in [-0.05, 0) is 28.1 Å². The van der Waals surface area contributed by atoms with Gasteiger partial charge in [0.25, 0.3) is 0 Å². The fourth-order valence-corrected chi connectivity index (χ4v) is 1.11. The van der Waals surface area contributed by atoms with E-state index in [0.717, 1.165) is 5.75 Å². The Morgan fingerprint density at radius 3 is 2.08 bits per heavy atom. The van der Waals surface area contributed by atoms with Crippen LogP contribution in [0.5, 0.6) is 5.75 Å². The molecule has 0 saturated carbocycles.